The Kier molecular flexibility index (Phi) is 5.87. The number of carbonyl (C=O) groups is 2. The van der Waals surface area contributed by atoms with Gasteiger partial charge in [0.05, 0.1) is 11.3 Å². The van der Waals surface area contributed by atoms with Gasteiger partial charge in [-0.2, -0.15) is 0 Å². The van der Waals surface area contributed by atoms with Crippen molar-refractivity contribution in [1.29, 1.82) is 0 Å². The minimum Gasteiger partial charge on any atom is -0.364 e. The highest BCUT2D eigenvalue weighted by atomic mass is 35.5. The van der Waals surface area contributed by atoms with Crippen LogP contribution in [-0.4, -0.2) is 54.3 Å². The minimum atomic E-state index is -0.333. The van der Waals surface area contributed by atoms with E-state index in [9.17, 15) is 9.59 Å². The third kappa shape index (κ3) is 3.62. The standard InChI is InChI=1S/C23H23Cl2N3O2/c1-3-26-11-13-27(14-12-26)21-20(16-7-9-17(24)10-8-16)22(29)28(23(21)30)19-6-4-5-18(25)15(19)2/h4-10H,3,11-14H2,1-2H3. The number of benzene rings is 2. The number of hydrogen-bond acceptors (Lipinski definition) is 4. The molecule has 0 bridgehead atoms. The maximum Gasteiger partial charge on any atom is 0.282 e. The fourth-order valence-corrected chi connectivity index (χ4v) is 4.33. The second-order valence-corrected chi connectivity index (χ2v) is 8.33. The van der Waals surface area contributed by atoms with Crippen LogP contribution < -0.4 is 4.90 Å². The summed E-state index contributed by atoms with van der Waals surface area (Å²) < 4.78 is 0. The van der Waals surface area contributed by atoms with Crippen LogP contribution in [0.2, 0.25) is 10.0 Å². The van der Waals surface area contributed by atoms with Crippen LogP contribution in [0.25, 0.3) is 5.57 Å². The first kappa shape index (κ1) is 20.9. The van der Waals surface area contributed by atoms with E-state index in [0.717, 1.165) is 19.6 Å². The molecular weight excluding hydrogens is 421 g/mol. The Bertz CT molecular complexity index is 1030. The lowest BCUT2D eigenvalue weighted by Gasteiger charge is -2.36. The maximum atomic E-state index is 13.6. The molecule has 7 heteroatoms. The van der Waals surface area contributed by atoms with Crippen molar-refractivity contribution in [3.05, 3.63) is 69.3 Å². The molecule has 0 unspecified atom stereocenters. The summed E-state index contributed by atoms with van der Waals surface area (Å²) >= 11 is 12.3. The number of amides is 2. The molecule has 0 atom stereocenters. The van der Waals surface area contributed by atoms with Gasteiger partial charge in [-0.1, -0.05) is 48.3 Å². The van der Waals surface area contributed by atoms with Crippen LogP contribution in [0, 0.1) is 6.92 Å². The van der Waals surface area contributed by atoms with Crippen LogP contribution >= 0.6 is 23.2 Å². The van der Waals surface area contributed by atoms with Gasteiger partial charge in [0.2, 0.25) is 0 Å². The lowest BCUT2D eigenvalue weighted by Crippen LogP contribution is -2.47. The molecule has 2 amide bonds. The molecule has 0 saturated carbocycles. The number of likely N-dealkylation sites (N-methyl/N-ethyl adjacent to an activating group) is 1. The SMILES string of the molecule is CCN1CCN(C2=C(c3ccc(Cl)cc3)C(=O)N(c3cccc(Cl)c3C)C2=O)CC1. The molecule has 0 N–H and O–H groups in total. The van der Waals surface area contributed by atoms with Crippen molar-refractivity contribution >= 4 is 46.3 Å². The summed E-state index contributed by atoms with van der Waals surface area (Å²) in [5.74, 6) is -0.638. The summed E-state index contributed by atoms with van der Waals surface area (Å²) in [5.41, 5.74) is 2.78. The highest BCUT2D eigenvalue weighted by Gasteiger charge is 2.43. The van der Waals surface area contributed by atoms with Crippen molar-refractivity contribution in [2.24, 2.45) is 0 Å². The summed E-state index contributed by atoms with van der Waals surface area (Å²) in [4.78, 5) is 32.8. The van der Waals surface area contributed by atoms with Gasteiger partial charge in [0.1, 0.15) is 5.70 Å². The second-order valence-electron chi connectivity index (χ2n) is 7.48. The molecule has 5 nitrogen and oxygen atoms in total. The minimum absolute atomic E-state index is 0.305. The summed E-state index contributed by atoms with van der Waals surface area (Å²) in [5, 5.41) is 1.10. The van der Waals surface area contributed by atoms with Gasteiger partial charge in [0, 0.05) is 36.2 Å². The van der Waals surface area contributed by atoms with Crippen molar-refractivity contribution in [1.82, 2.24) is 9.80 Å². The molecule has 2 aromatic rings. The second kappa shape index (κ2) is 8.42. The molecular formula is C23H23Cl2N3O2. The number of anilines is 1. The number of rotatable bonds is 4. The first-order valence-electron chi connectivity index (χ1n) is 10.0. The predicted molar refractivity (Wildman–Crippen MR) is 121 cm³/mol. The maximum absolute atomic E-state index is 13.6. The number of carbonyl (C=O) groups excluding carboxylic acids is 2. The Morgan fingerprint density at radius 2 is 1.57 bits per heavy atom. The van der Waals surface area contributed by atoms with Crippen LogP contribution in [0.3, 0.4) is 0 Å². The Morgan fingerprint density at radius 1 is 0.900 bits per heavy atom. The van der Waals surface area contributed by atoms with E-state index >= 15 is 0 Å². The largest absolute Gasteiger partial charge is 0.364 e. The Morgan fingerprint density at radius 3 is 2.20 bits per heavy atom. The molecule has 1 fully saturated rings. The average molecular weight is 444 g/mol. The van der Waals surface area contributed by atoms with Gasteiger partial charge in [0.15, 0.2) is 0 Å². The van der Waals surface area contributed by atoms with Crippen molar-refractivity contribution in [2.75, 3.05) is 37.6 Å². The van der Waals surface area contributed by atoms with Crippen LogP contribution in [0.1, 0.15) is 18.1 Å². The van der Waals surface area contributed by atoms with E-state index in [1.165, 1.54) is 4.90 Å². The molecule has 0 radical (unpaired) electrons. The van der Waals surface area contributed by atoms with Gasteiger partial charge in [-0.15, -0.1) is 0 Å². The molecule has 30 heavy (non-hydrogen) atoms. The summed E-state index contributed by atoms with van der Waals surface area (Å²) in [6.45, 7) is 8.01. The third-order valence-electron chi connectivity index (χ3n) is 5.81. The van der Waals surface area contributed by atoms with Crippen molar-refractivity contribution in [2.45, 2.75) is 13.8 Å². The number of nitrogens with zero attached hydrogens (tertiary/aromatic N) is 3. The average Bonchev–Trinajstić information content (AvgIpc) is 3.01. The monoisotopic (exact) mass is 443 g/mol. The van der Waals surface area contributed by atoms with Crippen LogP contribution in [-0.2, 0) is 9.59 Å². The molecule has 0 spiro atoms. The van der Waals surface area contributed by atoms with Crippen molar-refractivity contribution < 1.29 is 9.59 Å². The van der Waals surface area contributed by atoms with Gasteiger partial charge in [0.25, 0.3) is 11.8 Å². The summed E-state index contributed by atoms with van der Waals surface area (Å²) in [7, 11) is 0. The van der Waals surface area contributed by atoms with E-state index in [0.29, 0.717) is 51.2 Å². The lowest BCUT2D eigenvalue weighted by molar-refractivity contribution is -0.120. The lowest BCUT2D eigenvalue weighted by atomic mass is 10.0. The zero-order valence-electron chi connectivity index (χ0n) is 17.0. The zero-order chi connectivity index (χ0) is 21.4. The molecule has 1 saturated heterocycles. The van der Waals surface area contributed by atoms with E-state index in [2.05, 4.69) is 11.8 Å². The fraction of sp³-hybridized carbons (Fsp3) is 0.304. The van der Waals surface area contributed by atoms with Gasteiger partial charge < -0.3 is 9.80 Å². The van der Waals surface area contributed by atoms with Gasteiger partial charge in [-0.25, -0.2) is 4.90 Å². The first-order valence-corrected chi connectivity index (χ1v) is 10.8. The number of hydrogen-bond donors (Lipinski definition) is 0. The van der Waals surface area contributed by atoms with E-state index in [1.54, 1.807) is 42.5 Å². The predicted octanol–water partition coefficient (Wildman–Crippen LogP) is 4.22. The molecule has 156 valence electrons. The van der Waals surface area contributed by atoms with E-state index < -0.39 is 0 Å². The van der Waals surface area contributed by atoms with E-state index in [4.69, 9.17) is 23.2 Å². The Balaban J connectivity index is 1.80. The van der Waals surface area contributed by atoms with Gasteiger partial charge in [-0.05, 0) is 48.9 Å². The summed E-state index contributed by atoms with van der Waals surface area (Å²) in [6, 6.07) is 12.3. The highest BCUT2D eigenvalue weighted by Crippen LogP contribution is 2.38. The van der Waals surface area contributed by atoms with Gasteiger partial charge in [-0.3, -0.25) is 9.59 Å². The molecule has 0 aliphatic carbocycles. The van der Waals surface area contributed by atoms with E-state index in [1.807, 2.05) is 11.8 Å². The third-order valence-corrected chi connectivity index (χ3v) is 6.47. The van der Waals surface area contributed by atoms with Crippen molar-refractivity contribution in [3.63, 3.8) is 0 Å². The Labute approximate surface area is 186 Å². The van der Waals surface area contributed by atoms with Gasteiger partial charge >= 0.3 is 0 Å². The van der Waals surface area contributed by atoms with Crippen molar-refractivity contribution in [3.8, 4) is 0 Å². The normalized spacial score (nSPS) is 18.0. The summed E-state index contributed by atoms with van der Waals surface area (Å²) in [6.07, 6.45) is 0. The van der Waals surface area contributed by atoms with Crippen LogP contribution in [0.4, 0.5) is 5.69 Å². The van der Waals surface area contributed by atoms with E-state index in [-0.39, 0.29) is 11.8 Å². The first-order chi connectivity index (χ1) is 14.4. The highest BCUT2D eigenvalue weighted by molar-refractivity contribution is 6.46. The quantitative estimate of drug-likeness (QED) is 0.663. The number of piperazine rings is 1. The Hall–Kier alpha value is -2.34. The topological polar surface area (TPSA) is 43.9 Å². The smallest absolute Gasteiger partial charge is 0.282 e. The molecule has 4 rings (SSSR count). The van der Waals surface area contributed by atoms with Crippen LogP contribution in [0.5, 0.6) is 0 Å². The fourth-order valence-electron chi connectivity index (χ4n) is 4.03. The molecule has 2 aromatic carbocycles. The molecule has 2 heterocycles. The van der Waals surface area contributed by atoms with Crippen LogP contribution in [0.15, 0.2) is 48.2 Å². The number of imide groups is 1. The number of halogens is 2. The molecule has 0 aromatic heterocycles. The zero-order valence-corrected chi connectivity index (χ0v) is 18.5. The molecule has 2 aliphatic rings. The molecule has 2 aliphatic heterocycles.